The lowest BCUT2D eigenvalue weighted by atomic mass is 9.86. The van der Waals surface area contributed by atoms with Crippen LogP contribution in [0.2, 0.25) is 0 Å². The lowest BCUT2D eigenvalue weighted by molar-refractivity contribution is -0.117. The molecule has 2 unspecified atom stereocenters. The summed E-state index contributed by atoms with van der Waals surface area (Å²) >= 11 is 0. The van der Waals surface area contributed by atoms with Crippen molar-refractivity contribution in [2.75, 3.05) is 20.8 Å². The third kappa shape index (κ3) is 5.08. The van der Waals surface area contributed by atoms with Gasteiger partial charge >= 0.3 is 0 Å². The number of furan rings is 1. The molecule has 0 radical (unpaired) electrons. The van der Waals surface area contributed by atoms with Crippen LogP contribution in [0.15, 0.2) is 41.0 Å². The van der Waals surface area contributed by atoms with Crippen molar-refractivity contribution in [3.8, 4) is 28.4 Å². The van der Waals surface area contributed by atoms with Gasteiger partial charge in [-0.25, -0.2) is 0 Å². The quantitative estimate of drug-likeness (QED) is 0.346. The van der Waals surface area contributed by atoms with Crippen LogP contribution >= 0.6 is 0 Å². The smallest absolute Gasteiger partial charge is 0.244 e. The molecule has 1 fully saturated rings. The van der Waals surface area contributed by atoms with Crippen LogP contribution < -0.4 is 19.5 Å². The Labute approximate surface area is 213 Å². The summed E-state index contributed by atoms with van der Waals surface area (Å²) in [4.78, 5) is 13.0. The van der Waals surface area contributed by atoms with E-state index in [1.54, 1.807) is 26.6 Å². The minimum Gasteiger partial charge on any atom is -0.493 e. The van der Waals surface area contributed by atoms with Gasteiger partial charge in [-0.05, 0) is 68.9 Å². The van der Waals surface area contributed by atoms with Crippen LogP contribution in [-0.4, -0.2) is 32.8 Å². The van der Waals surface area contributed by atoms with Gasteiger partial charge in [0, 0.05) is 34.2 Å². The summed E-state index contributed by atoms with van der Waals surface area (Å²) in [6.07, 6.45) is 8.07. The van der Waals surface area contributed by atoms with Gasteiger partial charge in [-0.2, -0.15) is 0 Å². The van der Waals surface area contributed by atoms with Crippen LogP contribution in [0.4, 0.5) is 0 Å². The van der Waals surface area contributed by atoms with E-state index in [1.807, 2.05) is 39.0 Å². The Balaban J connectivity index is 1.76. The highest BCUT2D eigenvalue weighted by Crippen LogP contribution is 2.42. The first-order chi connectivity index (χ1) is 17.4. The first kappa shape index (κ1) is 25.7. The Bertz CT molecular complexity index is 1270. The molecule has 2 aromatic carbocycles. The van der Waals surface area contributed by atoms with E-state index in [4.69, 9.17) is 18.6 Å². The predicted octanol–water partition coefficient (Wildman–Crippen LogP) is 6.92. The number of hydrogen-bond acceptors (Lipinski definition) is 5. The zero-order valence-corrected chi connectivity index (χ0v) is 22.2. The molecule has 0 saturated heterocycles. The van der Waals surface area contributed by atoms with Crippen molar-refractivity contribution in [3.05, 3.63) is 47.7 Å². The number of rotatable bonds is 8. The third-order valence-electron chi connectivity index (χ3n) is 7.24. The van der Waals surface area contributed by atoms with Crippen molar-refractivity contribution in [2.24, 2.45) is 5.92 Å². The molecule has 3 aromatic rings. The molecule has 6 nitrogen and oxygen atoms in total. The normalized spacial score (nSPS) is 18.2. The average Bonchev–Trinajstić information content (AvgIpc) is 3.30. The molecule has 1 aromatic heterocycles. The summed E-state index contributed by atoms with van der Waals surface area (Å²) in [5, 5.41) is 4.18. The molecule has 1 saturated carbocycles. The summed E-state index contributed by atoms with van der Waals surface area (Å²) in [6.45, 7) is 8.65. The number of fused-ring (bicyclic) bond motifs is 1. The second-order valence-corrected chi connectivity index (χ2v) is 9.61. The van der Waals surface area contributed by atoms with Gasteiger partial charge in [0.1, 0.15) is 11.3 Å². The highest BCUT2D eigenvalue weighted by atomic mass is 16.5. The number of amides is 1. The van der Waals surface area contributed by atoms with E-state index in [-0.39, 0.29) is 11.9 Å². The molecule has 36 heavy (non-hydrogen) atoms. The summed E-state index contributed by atoms with van der Waals surface area (Å²) in [5.41, 5.74) is 5.30. The van der Waals surface area contributed by atoms with Crippen LogP contribution in [0, 0.1) is 12.8 Å². The fraction of sp³-hybridized carbons (Fsp3) is 0.433. The molecule has 6 heteroatoms. The van der Waals surface area contributed by atoms with Gasteiger partial charge in [-0.1, -0.05) is 25.8 Å². The zero-order valence-electron chi connectivity index (χ0n) is 22.2. The number of methoxy groups -OCH3 is 2. The number of benzene rings is 2. The maximum absolute atomic E-state index is 13.0. The standard InChI is InChI=1S/C30H37NO5/c1-7-35-29-20(4)30-23(24(17-36-30)21-12-13-26(33-5)27(15-21)34-6)16-22(29)19(3)14-28(32)31-25-11-9-8-10-18(25)2/h12-18,25H,7-11H2,1-6H3,(H,31,32)/b19-14+. The maximum Gasteiger partial charge on any atom is 0.244 e. The first-order valence-electron chi connectivity index (χ1n) is 12.8. The summed E-state index contributed by atoms with van der Waals surface area (Å²) in [7, 11) is 3.24. The fourth-order valence-electron chi connectivity index (χ4n) is 5.20. The van der Waals surface area contributed by atoms with Crippen LogP contribution in [0.25, 0.3) is 27.7 Å². The molecule has 0 bridgehead atoms. The van der Waals surface area contributed by atoms with E-state index >= 15 is 0 Å². The van der Waals surface area contributed by atoms with Crippen LogP contribution in [0.5, 0.6) is 17.2 Å². The summed E-state index contributed by atoms with van der Waals surface area (Å²) in [6, 6.07) is 8.10. The van der Waals surface area contributed by atoms with Crippen molar-refractivity contribution in [1.82, 2.24) is 5.32 Å². The number of hydrogen-bond donors (Lipinski definition) is 1. The molecule has 1 aliphatic carbocycles. The van der Waals surface area contributed by atoms with Crippen LogP contribution in [0.3, 0.4) is 0 Å². The van der Waals surface area contributed by atoms with E-state index in [0.29, 0.717) is 24.0 Å². The molecule has 192 valence electrons. The molecular formula is C30H37NO5. The van der Waals surface area contributed by atoms with Gasteiger partial charge in [0.15, 0.2) is 11.5 Å². The van der Waals surface area contributed by atoms with Gasteiger partial charge in [-0.15, -0.1) is 0 Å². The molecule has 0 spiro atoms. The fourth-order valence-corrected chi connectivity index (χ4v) is 5.20. The highest BCUT2D eigenvalue weighted by molar-refractivity contribution is 6.02. The second kappa shape index (κ2) is 11.1. The number of nitrogens with one attached hydrogen (secondary N) is 1. The minimum atomic E-state index is -0.0567. The van der Waals surface area contributed by atoms with Crippen LogP contribution in [-0.2, 0) is 4.79 Å². The average molecular weight is 492 g/mol. The Morgan fingerprint density at radius 2 is 1.89 bits per heavy atom. The van der Waals surface area contributed by atoms with Crippen molar-refractivity contribution in [1.29, 1.82) is 0 Å². The van der Waals surface area contributed by atoms with E-state index in [0.717, 1.165) is 57.4 Å². The number of carbonyl (C=O) groups is 1. The SMILES string of the molecule is CCOc1c(/C(C)=C/C(=O)NC2CCCCC2C)cc2c(-c3ccc(OC)c(OC)c3)coc2c1C. The minimum absolute atomic E-state index is 0.0567. The zero-order chi connectivity index (χ0) is 25.8. The van der Waals surface area contributed by atoms with Crippen LogP contribution in [0.1, 0.15) is 57.6 Å². The largest absolute Gasteiger partial charge is 0.493 e. The summed E-state index contributed by atoms with van der Waals surface area (Å²) in [5.74, 6) is 2.51. The predicted molar refractivity (Wildman–Crippen MR) is 144 cm³/mol. The number of carbonyl (C=O) groups excluding carboxylic acids is 1. The lowest BCUT2D eigenvalue weighted by Crippen LogP contribution is -2.40. The first-order valence-corrected chi connectivity index (χ1v) is 12.8. The van der Waals surface area contributed by atoms with Gasteiger partial charge in [0.05, 0.1) is 27.1 Å². The second-order valence-electron chi connectivity index (χ2n) is 9.61. The van der Waals surface area contributed by atoms with E-state index in [9.17, 15) is 4.79 Å². The van der Waals surface area contributed by atoms with Crippen molar-refractivity contribution in [2.45, 2.75) is 59.4 Å². The number of aryl methyl sites for hydroxylation is 1. The topological polar surface area (TPSA) is 69.9 Å². The third-order valence-corrected chi connectivity index (χ3v) is 7.24. The Morgan fingerprint density at radius 1 is 1.14 bits per heavy atom. The summed E-state index contributed by atoms with van der Waals surface area (Å²) < 4.78 is 23.0. The lowest BCUT2D eigenvalue weighted by Gasteiger charge is -2.29. The molecule has 1 amide bonds. The molecule has 2 atom stereocenters. The Morgan fingerprint density at radius 3 is 2.58 bits per heavy atom. The van der Waals surface area contributed by atoms with E-state index < -0.39 is 0 Å². The van der Waals surface area contributed by atoms with Gasteiger partial charge in [0.2, 0.25) is 5.91 Å². The van der Waals surface area contributed by atoms with E-state index in [2.05, 4.69) is 18.3 Å². The van der Waals surface area contributed by atoms with Crippen molar-refractivity contribution >= 4 is 22.4 Å². The molecule has 1 aliphatic rings. The van der Waals surface area contributed by atoms with Gasteiger partial charge in [-0.3, -0.25) is 4.79 Å². The molecule has 0 aliphatic heterocycles. The monoisotopic (exact) mass is 491 g/mol. The Kier molecular flexibility index (Phi) is 7.92. The molecule has 1 heterocycles. The number of ether oxygens (including phenoxy) is 3. The maximum atomic E-state index is 13.0. The number of allylic oxidation sites excluding steroid dienone is 1. The molecular weight excluding hydrogens is 454 g/mol. The van der Waals surface area contributed by atoms with Crippen molar-refractivity contribution < 1.29 is 23.4 Å². The molecule has 1 N–H and O–H groups in total. The van der Waals surface area contributed by atoms with Crippen molar-refractivity contribution in [3.63, 3.8) is 0 Å². The van der Waals surface area contributed by atoms with Gasteiger partial charge in [0.25, 0.3) is 0 Å². The molecule has 4 rings (SSSR count). The van der Waals surface area contributed by atoms with E-state index in [1.165, 1.54) is 12.8 Å². The highest BCUT2D eigenvalue weighted by Gasteiger charge is 2.23. The van der Waals surface area contributed by atoms with Gasteiger partial charge < -0.3 is 23.9 Å². The Hall–Kier alpha value is -3.41.